The van der Waals surface area contributed by atoms with Crippen LogP contribution in [0.15, 0.2) is 36.8 Å². The van der Waals surface area contributed by atoms with Crippen LogP contribution in [0.3, 0.4) is 0 Å². The third-order valence-electron chi connectivity index (χ3n) is 4.01. The lowest BCUT2D eigenvalue weighted by Crippen LogP contribution is -2.29. The molecular weight excluding hydrogens is 297 g/mol. The first-order valence-corrected chi connectivity index (χ1v) is 7.60. The van der Waals surface area contributed by atoms with Gasteiger partial charge in [-0.3, -0.25) is 4.68 Å². The third kappa shape index (κ3) is 2.85. The Balaban J connectivity index is 1.58. The van der Waals surface area contributed by atoms with Gasteiger partial charge in [0.2, 0.25) is 5.95 Å². The zero-order valence-corrected chi connectivity index (χ0v) is 12.4. The van der Waals surface area contributed by atoms with E-state index in [1.54, 1.807) is 24.5 Å². The van der Waals surface area contributed by atoms with E-state index in [9.17, 15) is 4.39 Å². The number of aromatic nitrogens is 6. The summed E-state index contributed by atoms with van der Waals surface area (Å²) in [5, 5.41) is 15.9. The molecule has 4 heterocycles. The Morgan fingerprint density at radius 1 is 1.17 bits per heavy atom. The van der Waals surface area contributed by atoms with E-state index in [2.05, 4.69) is 25.7 Å². The molecule has 1 aliphatic heterocycles. The van der Waals surface area contributed by atoms with Crippen molar-refractivity contribution in [1.29, 1.82) is 0 Å². The highest BCUT2D eigenvalue weighted by atomic mass is 19.1. The quantitative estimate of drug-likeness (QED) is 0.743. The van der Waals surface area contributed by atoms with Gasteiger partial charge >= 0.3 is 0 Å². The summed E-state index contributed by atoms with van der Waals surface area (Å²) in [4.78, 5) is 3.80. The van der Waals surface area contributed by atoms with E-state index in [1.807, 2.05) is 10.9 Å². The molecule has 0 amide bonds. The number of hydrogen-bond acceptors (Lipinski definition) is 5. The van der Waals surface area contributed by atoms with Gasteiger partial charge in [-0.2, -0.15) is 9.49 Å². The van der Waals surface area contributed by atoms with E-state index in [0.717, 1.165) is 31.5 Å². The molecule has 1 saturated heterocycles. The van der Waals surface area contributed by atoms with Crippen molar-refractivity contribution >= 4 is 0 Å². The highest BCUT2D eigenvalue weighted by molar-refractivity contribution is 5.55. The van der Waals surface area contributed by atoms with Crippen LogP contribution in [-0.2, 0) is 0 Å². The van der Waals surface area contributed by atoms with Gasteiger partial charge in [0.25, 0.3) is 0 Å². The van der Waals surface area contributed by atoms with Gasteiger partial charge < -0.3 is 5.32 Å². The van der Waals surface area contributed by atoms with Crippen molar-refractivity contribution in [2.45, 2.75) is 18.9 Å². The summed E-state index contributed by atoms with van der Waals surface area (Å²) < 4.78 is 16.7. The van der Waals surface area contributed by atoms with E-state index in [4.69, 9.17) is 0 Å². The van der Waals surface area contributed by atoms with Crippen LogP contribution in [0, 0.1) is 5.95 Å². The SMILES string of the molecule is Fc1cccc(-n2cc(-c3cnn(C4CCNCC4)c3)nn2)n1. The second-order valence-electron chi connectivity index (χ2n) is 5.56. The normalized spacial score (nSPS) is 15.9. The van der Waals surface area contributed by atoms with Crippen LogP contribution in [-0.4, -0.2) is 42.8 Å². The highest BCUT2D eigenvalue weighted by Gasteiger charge is 2.17. The van der Waals surface area contributed by atoms with E-state index in [-0.39, 0.29) is 0 Å². The third-order valence-corrected chi connectivity index (χ3v) is 4.01. The van der Waals surface area contributed by atoms with Gasteiger partial charge in [0.1, 0.15) is 5.69 Å². The molecule has 0 aliphatic carbocycles. The monoisotopic (exact) mass is 313 g/mol. The predicted molar refractivity (Wildman–Crippen MR) is 81.5 cm³/mol. The van der Waals surface area contributed by atoms with Crippen molar-refractivity contribution in [3.8, 4) is 17.1 Å². The molecule has 0 bridgehead atoms. The lowest BCUT2D eigenvalue weighted by Gasteiger charge is -2.22. The summed E-state index contributed by atoms with van der Waals surface area (Å²) >= 11 is 0. The Bertz CT molecular complexity index is 804. The molecule has 0 unspecified atom stereocenters. The molecule has 1 fully saturated rings. The molecule has 0 atom stereocenters. The molecule has 8 heteroatoms. The number of piperidine rings is 1. The minimum atomic E-state index is -0.543. The lowest BCUT2D eigenvalue weighted by molar-refractivity contribution is 0.343. The van der Waals surface area contributed by atoms with Crippen LogP contribution in [0.1, 0.15) is 18.9 Å². The highest BCUT2D eigenvalue weighted by Crippen LogP contribution is 2.22. The van der Waals surface area contributed by atoms with Gasteiger partial charge in [0, 0.05) is 11.8 Å². The Labute approximate surface area is 132 Å². The van der Waals surface area contributed by atoms with Crippen molar-refractivity contribution in [2.75, 3.05) is 13.1 Å². The van der Waals surface area contributed by atoms with Crippen LogP contribution < -0.4 is 5.32 Å². The van der Waals surface area contributed by atoms with E-state index >= 15 is 0 Å². The van der Waals surface area contributed by atoms with Crippen LogP contribution in [0.4, 0.5) is 4.39 Å². The number of pyridine rings is 1. The molecule has 3 aromatic heterocycles. The zero-order chi connectivity index (χ0) is 15.6. The fourth-order valence-corrected chi connectivity index (χ4v) is 2.77. The Hall–Kier alpha value is -2.61. The van der Waals surface area contributed by atoms with Gasteiger partial charge in [-0.1, -0.05) is 11.3 Å². The number of rotatable bonds is 3. The number of hydrogen-bond donors (Lipinski definition) is 1. The molecule has 0 aromatic carbocycles. The lowest BCUT2D eigenvalue weighted by atomic mass is 10.1. The summed E-state index contributed by atoms with van der Waals surface area (Å²) in [6, 6.07) is 4.99. The van der Waals surface area contributed by atoms with Crippen molar-refractivity contribution in [2.24, 2.45) is 0 Å². The topological polar surface area (TPSA) is 73.5 Å². The van der Waals surface area contributed by atoms with Crippen LogP contribution >= 0.6 is 0 Å². The fraction of sp³-hybridized carbons (Fsp3) is 0.333. The standard InChI is InChI=1S/C15H16FN7/c16-14-2-1-3-15(19-14)23-10-13(20-21-23)11-8-18-22(9-11)12-4-6-17-7-5-12/h1-3,8-10,12,17H,4-7H2. The fourth-order valence-electron chi connectivity index (χ4n) is 2.77. The summed E-state index contributed by atoms with van der Waals surface area (Å²) in [5.41, 5.74) is 1.59. The Morgan fingerprint density at radius 2 is 2.04 bits per heavy atom. The van der Waals surface area contributed by atoms with E-state index in [0.29, 0.717) is 17.6 Å². The Morgan fingerprint density at radius 3 is 2.87 bits per heavy atom. The summed E-state index contributed by atoms with van der Waals surface area (Å²) in [6.45, 7) is 2.03. The van der Waals surface area contributed by atoms with Gasteiger partial charge in [-0.15, -0.1) is 5.10 Å². The van der Waals surface area contributed by atoms with Gasteiger partial charge in [-0.25, -0.2) is 9.67 Å². The van der Waals surface area contributed by atoms with Gasteiger partial charge in [0.15, 0.2) is 5.82 Å². The molecule has 4 rings (SSSR count). The number of nitrogens with zero attached hydrogens (tertiary/aromatic N) is 6. The number of halogens is 1. The van der Waals surface area contributed by atoms with Crippen molar-refractivity contribution < 1.29 is 4.39 Å². The second kappa shape index (κ2) is 5.88. The first-order valence-electron chi connectivity index (χ1n) is 7.60. The molecule has 118 valence electrons. The van der Waals surface area contributed by atoms with Gasteiger partial charge in [-0.05, 0) is 38.1 Å². The predicted octanol–water partition coefficient (Wildman–Crippen LogP) is 1.59. The Kier molecular flexibility index (Phi) is 3.58. The average molecular weight is 313 g/mol. The molecular formula is C15H16FN7. The largest absolute Gasteiger partial charge is 0.317 e. The van der Waals surface area contributed by atoms with Crippen molar-refractivity contribution in [1.82, 2.24) is 35.1 Å². The maximum Gasteiger partial charge on any atom is 0.214 e. The van der Waals surface area contributed by atoms with E-state index in [1.165, 1.54) is 10.7 Å². The van der Waals surface area contributed by atoms with Crippen molar-refractivity contribution in [3.63, 3.8) is 0 Å². The maximum atomic E-state index is 13.2. The molecule has 7 nitrogen and oxygen atoms in total. The molecule has 0 saturated carbocycles. The zero-order valence-electron chi connectivity index (χ0n) is 12.4. The van der Waals surface area contributed by atoms with Crippen molar-refractivity contribution in [3.05, 3.63) is 42.7 Å². The minimum Gasteiger partial charge on any atom is -0.317 e. The minimum absolute atomic E-state index is 0.398. The summed E-state index contributed by atoms with van der Waals surface area (Å²) in [6.07, 6.45) is 7.65. The van der Waals surface area contributed by atoms with Crippen LogP contribution in [0.2, 0.25) is 0 Å². The maximum absolute atomic E-state index is 13.2. The summed E-state index contributed by atoms with van der Waals surface area (Å²) in [5.74, 6) is -0.146. The smallest absolute Gasteiger partial charge is 0.214 e. The molecule has 1 aliphatic rings. The average Bonchev–Trinajstić information content (AvgIpc) is 3.25. The van der Waals surface area contributed by atoms with Gasteiger partial charge in [0.05, 0.1) is 18.4 Å². The first-order chi connectivity index (χ1) is 11.3. The van der Waals surface area contributed by atoms with Crippen LogP contribution in [0.25, 0.3) is 17.1 Å². The summed E-state index contributed by atoms with van der Waals surface area (Å²) in [7, 11) is 0. The molecule has 0 spiro atoms. The molecule has 1 N–H and O–H groups in total. The first kappa shape index (κ1) is 14.0. The second-order valence-corrected chi connectivity index (χ2v) is 5.56. The molecule has 3 aromatic rings. The molecule has 23 heavy (non-hydrogen) atoms. The van der Waals surface area contributed by atoms with Crippen LogP contribution in [0.5, 0.6) is 0 Å². The van der Waals surface area contributed by atoms with E-state index < -0.39 is 5.95 Å². The molecule has 0 radical (unpaired) electrons. The number of nitrogens with one attached hydrogen (secondary N) is 1.